The summed E-state index contributed by atoms with van der Waals surface area (Å²) in [6, 6.07) is 11.7. The first-order valence-corrected chi connectivity index (χ1v) is 10.8. The largest absolute Gasteiger partial charge is 0.389 e. The summed E-state index contributed by atoms with van der Waals surface area (Å²) in [5.74, 6) is 1.22. The summed E-state index contributed by atoms with van der Waals surface area (Å²) < 4.78 is 3.51. The first-order chi connectivity index (χ1) is 15.4. The Balaban J connectivity index is 1.59. The number of aliphatic hydroxyl groups excluding tert-OH is 1. The molecule has 0 aromatic carbocycles. The molecule has 0 saturated carbocycles. The molecule has 1 fully saturated rings. The van der Waals surface area contributed by atoms with Crippen LogP contribution in [0.5, 0.6) is 0 Å². The lowest BCUT2D eigenvalue weighted by atomic mass is 10.1. The maximum atomic E-state index is 10.3. The van der Waals surface area contributed by atoms with Crippen molar-refractivity contribution in [1.82, 2.24) is 24.4 Å². The predicted molar refractivity (Wildman–Crippen MR) is 122 cm³/mol. The van der Waals surface area contributed by atoms with Crippen LogP contribution in [-0.2, 0) is 0 Å². The molecule has 4 aromatic heterocycles. The molecule has 0 aliphatic carbocycles. The minimum Gasteiger partial charge on any atom is -0.389 e. The quantitative estimate of drug-likeness (QED) is 0.534. The van der Waals surface area contributed by atoms with Gasteiger partial charge in [-0.1, -0.05) is 13.0 Å². The molecule has 5 heterocycles. The molecule has 5 rings (SSSR count). The predicted octanol–water partition coefficient (Wildman–Crippen LogP) is 3.66. The molecule has 1 N–H and O–H groups in total. The Morgan fingerprint density at radius 1 is 1.25 bits per heavy atom. The van der Waals surface area contributed by atoms with Crippen LogP contribution < -0.4 is 4.90 Å². The summed E-state index contributed by atoms with van der Waals surface area (Å²) in [6.07, 6.45) is 4.37. The lowest BCUT2D eigenvalue weighted by Crippen LogP contribution is -2.19. The Kier molecular flexibility index (Phi) is 4.91. The van der Waals surface area contributed by atoms with E-state index in [-0.39, 0.29) is 0 Å². The third kappa shape index (κ3) is 3.41. The van der Waals surface area contributed by atoms with Gasteiger partial charge in [-0.3, -0.25) is 0 Å². The number of aryl methyl sites for hydroxylation is 1. The van der Waals surface area contributed by atoms with E-state index in [0.717, 1.165) is 35.6 Å². The van der Waals surface area contributed by atoms with Crippen LogP contribution in [0.15, 0.2) is 42.7 Å². The van der Waals surface area contributed by atoms with Crippen LogP contribution in [-0.4, -0.2) is 42.6 Å². The topological polar surface area (TPSA) is 95.3 Å². The van der Waals surface area contributed by atoms with E-state index in [1.807, 2.05) is 29.8 Å². The number of anilines is 1. The van der Waals surface area contributed by atoms with Gasteiger partial charge in [0.1, 0.15) is 6.07 Å². The number of aromatic nitrogens is 5. The van der Waals surface area contributed by atoms with E-state index < -0.39 is 6.10 Å². The van der Waals surface area contributed by atoms with Crippen molar-refractivity contribution < 1.29 is 5.11 Å². The lowest BCUT2D eigenvalue weighted by molar-refractivity contribution is 0.198. The van der Waals surface area contributed by atoms with Crippen molar-refractivity contribution in [1.29, 1.82) is 5.26 Å². The summed E-state index contributed by atoms with van der Waals surface area (Å²) in [5, 5.41) is 28.4. The second-order valence-corrected chi connectivity index (χ2v) is 8.60. The minimum atomic E-state index is -0.727. The van der Waals surface area contributed by atoms with Crippen LogP contribution in [0.1, 0.15) is 43.3 Å². The summed E-state index contributed by atoms with van der Waals surface area (Å²) in [6.45, 7) is 7.98. The van der Waals surface area contributed by atoms with E-state index in [9.17, 15) is 10.4 Å². The number of pyridine rings is 2. The summed E-state index contributed by atoms with van der Waals surface area (Å²) in [7, 11) is 0. The Morgan fingerprint density at radius 3 is 2.78 bits per heavy atom. The second-order valence-electron chi connectivity index (χ2n) is 8.60. The molecule has 32 heavy (non-hydrogen) atoms. The van der Waals surface area contributed by atoms with Gasteiger partial charge in [0.2, 0.25) is 0 Å². The molecular formula is C24H25N7O. The van der Waals surface area contributed by atoms with Gasteiger partial charge in [0.25, 0.3) is 0 Å². The molecule has 8 nitrogen and oxygen atoms in total. The third-order valence-electron chi connectivity index (χ3n) is 6.12. The molecule has 0 bridgehead atoms. The first-order valence-electron chi connectivity index (χ1n) is 10.8. The molecule has 0 spiro atoms. The average molecular weight is 428 g/mol. The molecule has 162 valence electrons. The fourth-order valence-electron chi connectivity index (χ4n) is 4.38. The number of nitrogens with zero attached hydrogens (tertiary/aromatic N) is 7. The van der Waals surface area contributed by atoms with Crippen molar-refractivity contribution in [2.24, 2.45) is 5.92 Å². The Labute approximate surface area is 186 Å². The van der Waals surface area contributed by atoms with Gasteiger partial charge in [0, 0.05) is 29.9 Å². The number of rotatable bonds is 4. The van der Waals surface area contributed by atoms with Crippen molar-refractivity contribution in [3.05, 3.63) is 59.7 Å². The smallest absolute Gasteiger partial charge is 0.163 e. The Hall–Kier alpha value is -3.70. The molecule has 1 saturated heterocycles. The summed E-state index contributed by atoms with van der Waals surface area (Å²) in [4.78, 5) is 7.24. The molecule has 8 heteroatoms. The van der Waals surface area contributed by atoms with E-state index in [0.29, 0.717) is 23.0 Å². The number of aliphatic hydroxyl groups is 1. The minimum absolute atomic E-state index is 0.311. The van der Waals surface area contributed by atoms with Crippen LogP contribution in [0.25, 0.3) is 22.6 Å². The van der Waals surface area contributed by atoms with Crippen molar-refractivity contribution in [2.75, 3.05) is 18.0 Å². The maximum absolute atomic E-state index is 10.3. The molecular weight excluding hydrogens is 402 g/mol. The zero-order valence-electron chi connectivity index (χ0n) is 18.4. The van der Waals surface area contributed by atoms with Crippen LogP contribution in [0.3, 0.4) is 0 Å². The fraction of sp³-hybridized carbons (Fsp3) is 0.333. The van der Waals surface area contributed by atoms with E-state index in [2.05, 4.69) is 46.4 Å². The van der Waals surface area contributed by atoms with E-state index in [1.54, 1.807) is 17.7 Å². The lowest BCUT2D eigenvalue weighted by Gasteiger charge is -2.18. The first kappa shape index (κ1) is 20.2. The van der Waals surface area contributed by atoms with Gasteiger partial charge in [-0.15, -0.1) is 0 Å². The van der Waals surface area contributed by atoms with Crippen molar-refractivity contribution >= 4 is 11.2 Å². The highest BCUT2D eigenvalue weighted by Crippen LogP contribution is 2.30. The maximum Gasteiger partial charge on any atom is 0.163 e. The number of nitriles is 1. The zero-order chi connectivity index (χ0) is 22.4. The average Bonchev–Trinajstić information content (AvgIpc) is 3.50. The number of hydrogen-bond donors (Lipinski definition) is 1. The highest BCUT2D eigenvalue weighted by atomic mass is 16.3. The molecule has 2 atom stereocenters. The number of hydrogen-bond acceptors (Lipinski definition) is 6. The van der Waals surface area contributed by atoms with Crippen LogP contribution >= 0.6 is 0 Å². The van der Waals surface area contributed by atoms with E-state index in [4.69, 9.17) is 4.98 Å². The molecule has 0 amide bonds. The third-order valence-corrected chi connectivity index (χ3v) is 6.12. The van der Waals surface area contributed by atoms with Crippen LogP contribution in [0.4, 0.5) is 5.69 Å². The van der Waals surface area contributed by atoms with Gasteiger partial charge in [-0.2, -0.15) is 15.5 Å². The fourth-order valence-corrected chi connectivity index (χ4v) is 4.38. The zero-order valence-corrected chi connectivity index (χ0v) is 18.4. The Bertz CT molecular complexity index is 1340. The van der Waals surface area contributed by atoms with Crippen molar-refractivity contribution in [3.8, 4) is 23.1 Å². The van der Waals surface area contributed by atoms with Gasteiger partial charge >= 0.3 is 0 Å². The van der Waals surface area contributed by atoms with Gasteiger partial charge in [0.15, 0.2) is 11.5 Å². The molecule has 1 aliphatic heterocycles. The highest BCUT2D eigenvalue weighted by molar-refractivity contribution is 5.79. The normalized spacial score (nSPS) is 17.1. The highest BCUT2D eigenvalue weighted by Gasteiger charge is 2.21. The van der Waals surface area contributed by atoms with Gasteiger partial charge in [-0.05, 0) is 50.5 Å². The number of fused-ring (bicyclic) bond motifs is 1. The molecule has 0 radical (unpaired) electrons. The molecule has 1 unspecified atom stereocenters. The molecule has 1 aliphatic rings. The van der Waals surface area contributed by atoms with Crippen LogP contribution in [0, 0.1) is 24.2 Å². The van der Waals surface area contributed by atoms with Gasteiger partial charge in [0.05, 0.1) is 35.4 Å². The summed E-state index contributed by atoms with van der Waals surface area (Å²) >= 11 is 0. The molecule has 4 aromatic rings. The monoisotopic (exact) mass is 427 g/mol. The van der Waals surface area contributed by atoms with E-state index >= 15 is 0 Å². The SMILES string of the molecule is Cc1cc(C#N)nn1-c1nc(-c2cnn3cc(N4CC[C@@H](C)C4)ccc23)ccc1C(C)O. The van der Waals surface area contributed by atoms with Crippen molar-refractivity contribution in [3.63, 3.8) is 0 Å². The van der Waals surface area contributed by atoms with Gasteiger partial charge < -0.3 is 10.0 Å². The second kappa shape index (κ2) is 7.77. The van der Waals surface area contributed by atoms with Crippen LogP contribution in [0.2, 0.25) is 0 Å². The standard InChI is InChI=1S/C24H25N7O/c1-15-8-9-29(13-15)19-4-7-23-21(12-26-30(23)14-19)22-6-5-20(17(3)32)24(27-22)31-16(2)10-18(11-25)28-31/h4-7,10,12,14-15,17,32H,8-9,13H2,1-3H3/t15-,17?/m1/s1. The van der Waals surface area contributed by atoms with E-state index in [1.165, 1.54) is 12.1 Å². The summed E-state index contributed by atoms with van der Waals surface area (Å²) in [5.41, 5.74) is 5.49. The van der Waals surface area contributed by atoms with Gasteiger partial charge in [-0.25, -0.2) is 14.2 Å². The Morgan fingerprint density at radius 2 is 2.09 bits per heavy atom. The van der Waals surface area contributed by atoms with Crippen molar-refractivity contribution in [2.45, 2.75) is 33.3 Å².